The van der Waals surface area contributed by atoms with Crippen molar-refractivity contribution in [1.82, 2.24) is 9.97 Å². The molecule has 4 nitrogen and oxygen atoms in total. The number of nitrogen functional groups attached to an aromatic ring is 1. The molecule has 0 saturated heterocycles. The van der Waals surface area contributed by atoms with Crippen LogP contribution in [0.1, 0.15) is 13.3 Å². The Bertz CT molecular complexity index is 502. The summed E-state index contributed by atoms with van der Waals surface area (Å²) in [6.07, 6.45) is 1.24. The highest BCUT2D eigenvalue weighted by molar-refractivity contribution is 5.80. The van der Waals surface area contributed by atoms with Crippen molar-refractivity contribution in [1.29, 1.82) is 0 Å². The van der Waals surface area contributed by atoms with Crippen LogP contribution in [-0.2, 0) is 0 Å². The van der Waals surface area contributed by atoms with Crippen molar-refractivity contribution < 1.29 is 0 Å². The van der Waals surface area contributed by atoms with Gasteiger partial charge in [-0.3, -0.25) is 0 Å². The molecule has 1 aliphatic rings. The van der Waals surface area contributed by atoms with E-state index in [0.717, 1.165) is 28.6 Å². The summed E-state index contributed by atoms with van der Waals surface area (Å²) < 4.78 is 0. The van der Waals surface area contributed by atoms with Crippen molar-refractivity contribution >= 4 is 22.7 Å². The highest BCUT2D eigenvalue weighted by atomic mass is 15.2. The van der Waals surface area contributed by atoms with Crippen molar-refractivity contribution in [2.75, 3.05) is 11.1 Å². The van der Waals surface area contributed by atoms with Gasteiger partial charge in [-0.2, -0.15) is 0 Å². The van der Waals surface area contributed by atoms with E-state index >= 15 is 0 Å². The molecule has 1 aromatic carbocycles. The lowest BCUT2D eigenvalue weighted by Gasteiger charge is -1.97. The second kappa shape index (κ2) is 2.89. The molecule has 15 heavy (non-hydrogen) atoms. The third-order valence-electron chi connectivity index (χ3n) is 2.94. The Labute approximate surface area is 87.9 Å². The van der Waals surface area contributed by atoms with Crippen molar-refractivity contribution in [3.63, 3.8) is 0 Å². The van der Waals surface area contributed by atoms with Crippen LogP contribution in [0.2, 0.25) is 0 Å². The maximum absolute atomic E-state index is 5.70. The minimum Gasteiger partial charge on any atom is -0.399 e. The third kappa shape index (κ3) is 1.52. The van der Waals surface area contributed by atoms with Crippen molar-refractivity contribution in [2.45, 2.75) is 19.4 Å². The number of anilines is 2. The number of benzene rings is 1. The molecule has 3 rings (SSSR count). The van der Waals surface area contributed by atoms with E-state index in [4.69, 9.17) is 5.73 Å². The Balaban J connectivity index is 1.92. The van der Waals surface area contributed by atoms with Crippen LogP contribution in [0.5, 0.6) is 0 Å². The number of aromatic amines is 1. The van der Waals surface area contributed by atoms with Gasteiger partial charge in [0.1, 0.15) is 0 Å². The van der Waals surface area contributed by atoms with Crippen LogP contribution in [0, 0.1) is 5.92 Å². The predicted octanol–water partition coefficient (Wildman–Crippen LogP) is 1.97. The van der Waals surface area contributed by atoms with Crippen LogP contribution in [0.15, 0.2) is 18.2 Å². The van der Waals surface area contributed by atoms with Gasteiger partial charge in [-0.25, -0.2) is 4.98 Å². The zero-order valence-corrected chi connectivity index (χ0v) is 8.62. The molecule has 2 aromatic rings. The molecule has 0 radical (unpaired) electrons. The summed E-state index contributed by atoms with van der Waals surface area (Å²) in [6, 6.07) is 6.29. The van der Waals surface area contributed by atoms with E-state index in [1.807, 2.05) is 18.2 Å². The van der Waals surface area contributed by atoms with Crippen molar-refractivity contribution in [2.24, 2.45) is 5.92 Å². The van der Waals surface area contributed by atoms with Crippen molar-refractivity contribution in [3.05, 3.63) is 18.2 Å². The van der Waals surface area contributed by atoms with Crippen molar-refractivity contribution in [3.8, 4) is 0 Å². The highest BCUT2D eigenvalue weighted by Gasteiger charge is 2.32. The number of nitrogens with two attached hydrogens (primary N) is 1. The second-order valence-corrected chi connectivity index (χ2v) is 4.33. The molecule has 1 aromatic heterocycles. The SMILES string of the molecule is CC1CC1Nc1nc2ccc(N)cc2[nH]1. The van der Waals surface area contributed by atoms with E-state index < -0.39 is 0 Å². The first kappa shape index (κ1) is 8.59. The first-order valence-corrected chi connectivity index (χ1v) is 5.24. The smallest absolute Gasteiger partial charge is 0.201 e. The Morgan fingerprint density at radius 3 is 3.07 bits per heavy atom. The molecule has 1 heterocycles. The van der Waals surface area contributed by atoms with Crippen LogP contribution in [0.25, 0.3) is 11.0 Å². The van der Waals surface area contributed by atoms with Gasteiger partial charge in [-0.1, -0.05) is 6.92 Å². The van der Waals surface area contributed by atoms with Gasteiger partial charge in [0.25, 0.3) is 0 Å². The van der Waals surface area contributed by atoms with Gasteiger partial charge < -0.3 is 16.0 Å². The summed E-state index contributed by atoms with van der Waals surface area (Å²) in [5, 5.41) is 3.37. The lowest BCUT2D eigenvalue weighted by atomic mass is 10.3. The normalized spacial score (nSPS) is 24.3. The number of fused-ring (bicyclic) bond motifs is 1. The maximum Gasteiger partial charge on any atom is 0.201 e. The molecule has 1 aliphatic carbocycles. The molecule has 0 bridgehead atoms. The van der Waals surface area contributed by atoms with E-state index in [2.05, 4.69) is 22.2 Å². The van der Waals surface area contributed by atoms with Gasteiger partial charge in [0, 0.05) is 11.7 Å². The zero-order chi connectivity index (χ0) is 10.4. The lowest BCUT2D eigenvalue weighted by Crippen LogP contribution is -2.04. The Kier molecular flexibility index (Phi) is 1.65. The first-order valence-electron chi connectivity index (χ1n) is 5.24. The molecule has 0 aliphatic heterocycles. The fourth-order valence-electron chi connectivity index (χ4n) is 1.79. The van der Waals surface area contributed by atoms with Gasteiger partial charge >= 0.3 is 0 Å². The van der Waals surface area contributed by atoms with Gasteiger partial charge in [-0.05, 0) is 30.5 Å². The van der Waals surface area contributed by atoms with Gasteiger partial charge in [0.15, 0.2) is 0 Å². The fraction of sp³-hybridized carbons (Fsp3) is 0.364. The van der Waals surface area contributed by atoms with Crippen LogP contribution >= 0.6 is 0 Å². The number of imidazole rings is 1. The summed E-state index contributed by atoms with van der Waals surface area (Å²) in [4.78, 5) is 7.67. The van der Waals surface area contributed by atoms with Crippen LogP contribution in [0.4, 0.5) is 11.6 Å². The summed E-state index contributed by atoms with van der Waals surface area (Å²) >= 11 is 0. The average Bonchev–Trinajstić information content (AvgIpc) is 2.75. The monoisotopic (exact) mass is 202 g/mol. The van der Waals surface area contributed by atoms with E-state index in [1.54, 1.807) is 0 Å². The number of H-pyrrole nitrogens is 1. The Morgan fingerprint density at radius 2 is 2.33 bits per heavy atom. The van der Waals surface area contributed by atoms with Crippen LogP contribution in [0.3, 0.4) is 0 Å². The standard InChI is InChI=1S/C11H14N4/c1-6-4-9(6)14-11-13-8-3-2-7(12)5-10(8)15-11/h2-3,5-6,9H,4,12H2,1H3,(H2,13,14,15). The molecule has 78 valence electrons. The maximum atomic E-state index is 5.70. The molecule has 4 heteroatoms. The molecule has 0 amide bonds. The van der Waals surface area contributed by atoms with Gasteiger partial charge in [0.05, 0.1) is 11.0 Å². The molecule has 1 fully saturated rings. The highest BCUT2D eigenvalue weighted by Crippen LogP contribution is 2.32. The van der Waals surface area contributed by atoms with E-state index in [1.165, 1.54) is 6.42 Å². The van der Waals surface area contributed by atoms with Crippen LogP contribution < -0.4 is 11.1 Å². The fourth-order valence-corrected chi connectivity index (χ4v) is 1.79. The zero-order valence-electron chi connectivity index (χ0n) is 8.62. The topological polar surface area (TPSA) is 66.7 Å². The minimum absolute atomic E-state index is 0.586. The third-order valence-corrected chi connectivity index (χ3v) is 2.94. The number of hydrogen-bond donors (Lipinski definition) is 3. The number of aromatic nitrogens is 2. The summed E-state index contributed by atoms with van der Waals surface area (Å²) in [7, 11) is 0. The number of rotatable bonds is 2. The largest absolute Gasteiger partial charge is 0.399 e. The quantitative estimate of drug-likeness (QED) is 0.652. The van der Waals surface area contributed by atoms with Crippen LogP contribution in [-0.4, -0.2) is 16.0 Å². The van der Waals surface area contributed by atoms with E-state index in [0.29, 0.717) is 6.04 Å². The predicted molar refractivity (Wildman–Crippen MR) is 61.7 cm³/mol. The minimum atomic E-state index is 0.586. The first-order chi connectivity index (χ1) is 7.22. The Morgan fingerprint density at radius 1 is 1.53 bits per heavy atom. The van der Waals surface area contributed by atoms with Gasteiger partial charge in [0.2, 0.25) is 5.95 Å². The van der Waals surface area contributed by atoms with Gasteiger partial charge in [-0.15, -0.1) is 0 Å². The number of nitrogens with zero attached hydrogens (tertiary/aromatic N) is 1. The molecule has 1 saturated carbocycles. The summed E-state index contributed by atoms with van der Waals surface area (Å²) in [5.74, 6) is 1.62. The summed E-state index contributed by atoms with van der Waals surface area (Å²) in [6.45, 7) is 2.23. The summed E-state index contributed by atoms with van der Waals surface area (Å²) in [5.41, 5.74) is 8.41. The van der Waals surface area contributed by atoms with E-state index in [9.17, 15) is 0 Å². The molecule has 4 N–H and O–H groups in total. The average molecular weight is 202 g/mol. The molecular formula is C11H14N4. The number of hydrogen-bond acceptors (Lipinski definition) is 3. The Hall–Kier alpha value is -1.71. The second-order valence-electron chi connectivity index (χ2n) is 4.33. The molecule has 2 unspecified atom stereocenters. The van der Waals surface area contributed by atoms with E-state index in [-0.39, 0.29) is 0 Å². The molecule has 2 atom stereocenters. The number of nitrogens with one attached hydrogen (secondary N) is 2. The molecule has 0 spiro atoms. The lowest BCUT2D eigenvalue weighted by molar-refractivity contribution is 0.920. The molecular weight excluding hydrogens is 188 g/mol.